The summed E-state index contributed by atoms with van der Waals surface area (Å²) in [6, 6.07) is 0.325. The van der Waals surface area contributed by atoms with Crippen molar-refractivity contribution in [2.24, 2.45) is 13.0 Å². The van der Waals surface area contributed by atoms with Crippen LogP contribution in [0, 0.1) is 5.92 Å². The third kappa shape index (κ3) is 3.23. The Kier molecular flexibility index (Phi) is 5.22. The summed E-state index contributed by atoms with van der Waals surface area (Å²) in [5.41, 5.74) is -0.0346. The van der Waals surface area contributed by atoms with Gasteiger partial charge in [0.05, 0.1) is 5.60 Å². The molecule has 0 aliphatic heterocycles. The highest BCUT2D eigenvalue weighted by atomic mass is 16.5. The van der Waals surface area contributed by atoms with E-state index in [0.29, 0.717) is 6.04 Å². The normalized spacial score (nSPS) is 28.5. The minimum Gasteiger partial charge on any atom is -0.374 e. The maximum Gasteiger partial charge on any atom is 0.110 e. The molecule has 1 saturated carbocycles. The van der Waals surface area contributed by atoms with Crippen molar-refractivity contribution < 1.29 is 4.74 Å². The van der Waals surface area contributed by atoms with Gasteiger partial charge >= 0.3 is 0 Å². The van der Waals surface area contributed by atoms with E-state index in [2.05, 4.69) is 35.8 Å². The fourth-order valence-electron chi connectivity index (χ4n) is 3.71. The molecule has 0 bridgehead atoms. The second kappa shape index (κ2) is 6.72. The SMILES string of the molecule is CCOC1(C(Cc2nccn2C)NC)CCCC(C)C1. The first-order valence-electron chi connectivity index (χ1n) is 7.88. The molecule has 4 heteroatoms. The zero-order valence-electron chi connectivity index (χ0n) is 13.4. The number of rotatable bonds is 6. The Morgan fingerprint density at radius 3 is 2.95 bits per heavy atom. The monoisotopic (exact) mass is 279 g/mol. The molecule has 20 heavy (non-hydrogen) atoms. The molecule has 1 fully saturated rings. The van der Waals surface area contributed by atoms with E-state index in [9.17, 15) is 0 Å². The van der Waals surface area contributed by atoms with Gasteiger partial charge in [-0.15, -0.1) is 0 Å². The van der Waals surface area contributed by atoms with Crippen molar-refractivity contribution in [3.63, 3.8) is 0 Å². The first kappa shape index (κ1) is 15.5. The second-order valence-corrected chi connectivity index (χ2v) is 6.20. The third-order valence-electron chi connectivity index (χ3n) is 4.71. The van der Waals surface area contributed by atoms with Gasteiger partial charge in [-0.2, -0.15) is 0 Å². The Morgan fingerprint density at radius 2 is 2.40 bits per heavy atom. The number of aryl methyl sites for hydroxylation is 1. The number of ether oxygens (including phenoxy) is 1. The molecule has 0 aromatic carbocycles. The lowest BCUT2D eigenvalue weighted by Gasteiger charge is -2.45. The smallest absolute Gasteiger partial charge is 0.110 e. The van der Waals surface area contributed by atoms with Gasteiger partial charge in [0.25, 0.3) is 0 Å². The van der Waals surface area contributed by atoms with Crippen LogP contribution >= 0.6 is 0 Å². The number of nitrogens with one attached hydrogen (secondary N) is 1. The van der Waals surface area contributed by atoms with Crippen molar-refractivity contribution in [3.8, 4) is 0 Å². The quantitative estimate of drug-likeness (QED) is 0.870. The summed E-state index contributed by atoms with van der Waals surface area (Å²) in [5, 5.41) is 3.51. The number of hydrogen-bond acceptors (Lipinski definition) is 3. The van der Waals surface area contributed by atoms with E-state index >= 15 is 0 Å². The fourth-order valence-corrected chi connectivity index (χ4v) is 3.71. The van der Waals surface area contributed by atoms with Gasteiger partial charge in [0.2, 0.25) is 0 Å². The maximum absolute atomic E-state index is 6.28. The molecule has 1 aliphatic carbocycles. The summed E-state index contributed by atoms with van der Waals surface area (Å²) in [6.07, 6.45) is 9.70. The van der Waals surface area contributed by atoms with Crippen LogP contribution in [0.25, 0.3) is 0 Å². The lowest BCUT2D eigenvalue weighted by Crippen LogP contribution is -2.55. The molecule has 3 unspecified atom stereocenters. The number of hydrogen-bond donors (Lipinski definition) is 1. The summed E-state index contributed by atoms with van der Waals surface area (Å²) < 4.78 is 8.39. The number of imidazole rings is 1. The molecule has 0 amide bonds. The molecule has 0 radical (unpaired) electrons. The van der Waals surface area contributed by atoms with Crippen LogP contribution in [0.1, 0.15) is 45.4 Å². The third-order valence-corrected chi connectivity index (χ3v) is 4.71. The van der Waals surface area contributed by atoms with Crippen molar-refractivity contribution >= 4 is 0 Å². The molecule has 3 atom stereocenters. The minimum atomic E-state index is -0.0346. The van der Waals surface area contributed by atoms with E-state index < -0.39 is 0 Å². The van der Waals surface area contributed by atoms with Gasteiger partial charge in [0.15, 0.2) is 0 Å². The van der Waals surface area contributed by atoms with E-state index in [4.69, 9.17) is 4.74 Å². The van der Waals surface area contributed by atoms with Crippen LogP contribution in [0.4, 0.5) is 0 Å². The van der Waals surface area contributed by atoms with Gasteiger partial charge in [-0.1, -0.05) is 19.8 Å². The Bertz CT molecular complexity index is 414. The predicted molar refractivity (Wildman–Crippen MR) is 81.7 cm³/mol. The van der Waals surface area contributed by atoms with E-state index in [-0.39, 0.29) is 5.60 Å². The first-order valence-corrected chi connectivity index (χ1v) is 7.88. The van der Waals surface area contributed by atoms with E-state index in [0.717, 1.165) is 37.6 Å². The van der Waals surface area contributed by atoms with Crippen LogP contribution in [0.2, 0.25) is 0 Å². The van der Waals surface area contributed by atoms with Gasteiger partial charge < -0.3 is 14.6 Å². The average Bonchev–Trinajstić information content (AvgIpc) is 2.81. The highest BCUT2D eigenvalue weighted by molar-refractivity contribution is 5.03. The van der Waals surface area contributed by atoms with Crippen LogP contribution in [-0.4, -0.2) is 34.8 Å². The Morgan fingerprint density at radius 1 is 1.60 bits per heavy atom. The molecule has 2 rings (SSSR count). The van der Waals surface area contributed by atoms with Crippen LogP contribution in [0.15, 0.2) is 12.4 Å². The Balaban J connectivity index is 2.18. The molecule has 0 saturated heterocycles. The van der Waals surface area contributed by atoms with Crippen LogP contribution in [0.3, 0.4) is 0 Å². The zero-order valence-corrected chi connectivity index (χ0v) is 13.4. The number of aromatic nitrogens is 2. The maximum atomic E-state index is 6.28. The fraction of sp³-hybridized carbons (Fsp3) is 0.812. The summed E-state index contributed by atoms with van der Waals surface area (Å²) >= 11 is 0. The van der Waals surface area contributed by atoms with Crippen molar-refractivity contribution in [3.05, 3.63) is 18.2 Å². The van der Waals surface area contributed by atoms with E-state index in [1.54, 1.807) is 0 Å². The Labute approximate surface area is 122 Å². The highest BCUT2D eigenvalue weighted by Crippen LogP contribution is 2.38. The van der Waals surface area contributed by atoms with Gasteiger partial charge in [0.1, 0.15) is 5.82 Å². The summed E-state index contributed by atoms with van der Waals surface area (Å²) in [6.45, 7) is 5.24. The van der Waals surface area contributed by atoms with E-state index in [1.165, 1.54) is 12.8 Å². The summed E-state index contributed by atoms with van der Waals surface area (Å²) in [5.74, 6) is 1.87. The van der Waals surface area contributed by atoms with Crippen LogP contribution in [0.5, 0.6) is 0 Å². The van der Waals surface area contributed by atoms with Crippen molar-refractivity contribution in [1.82, 2.24) is 14.9 Å². The molecule has 1 N–H and O–H groups in total. The van der Waals surface area contributed by atoms with Crippen molar-refractivity contribution in [2.75, 3.05) is 13.7 Å². The molecular formula is C16H29N3O. The molecule has 1 heterocycles. The lowest BCUT2D eigenvalue weighted by atomic mass is 9.73. The minimum absolute atomic E-state index is 0.0346. The van der Waals surface area contributed by atoms with Crippen molar-refractivity contribution in [1.29, 1.82) is 0 Å². The molecule has 1 aromatic heterocycles. The van der Waals surface area contributed by atoms with Crippen molar-refractivity contribution in [2.45, 2.75) is 57.6 Å². The molecule has 1 aromatic rings. The van der Waals surface area contributed by atoms with Gasteiger partial charge in [0, 0.05) is 38.5 Å². The molecule has 4 nitrogen and oxygen atoms in total. The lowest BCUT2D eigenvalue weighted by molar-refractivity contribution is -0.0992. The molecule has 114 valence electrons. The standard InChI is InChI=1S/C16H29N3O/c1-5-20-16(8-6-7-13(2)12-16)14(17-3)11-15-18-9-10-19(15)4/h9-10,13-14,17H,5-8,11-12H2,1-4H3. The zero-order chi connectivity index (χ0) is 14.6. The first-order chi connectivity index (χ1) is 9.61. The Hall–Kier alpha value is -0.870. The van der Waals surface area contributed by atoms with Gasteiger partial charge in [-0.05, 0) is 32.7 Å². The number of likely N-dealkylation sites (N-methyl/N-ethyl adjacent to an activating group) is 1. The average molecular weight is 279 g/mol. The summed E-state index contributed by atoms with van der Waals surface area (Å²) in [7, 11) is 4.11. The summed E-state index contributed by atoms with van der Waals surface area (Å²) in [4.78, 5) is 4.48. The van der Waals surface area contributed by atoms with Crippen LogP contribution < -0.4 is 5.32 Å². The van der Waals surface area contributed by atoms with Crippen LogP contribution in [-0.2, 0) is 18.2 Å². The van der Waals surface area contributed by atoms with Gasteiger partial charge in [-0.3, -0.25) is 0 Å². The van der Waals surface area contributed by atoms with Gasteiger partial charge in [-0.25, -0.2) is 4.98 Å². The topological polar surface area (TPSA) is 39.1 Å². The highest BCUT2D eigenvalue weighted by Gasteiger charge is 2.42. The molecular weight excluding hydrogens is 250 g/mol. The molecule has 0 spiro atoms. The largest absolute Gasteiger partial charge is 0.374 e. The number of nitrogens with zero attached hydrogens (tertiary/aromatic N) is 2. The second-order valence-electron chi connectivity index (χ2n) is 6.20. The predicted octanol–water partition coefficient (Wildman–Crippen LogP) is 2.54. The molecule has 1 aliphatic rings. The van der Waals surface area contributed by atoms with E-state index in [1.807, 2.05) is 19.4 Å².